The number of likely N-dealkylation sites (tertiary alicyclic amines) is 2. The maximum Gasteiger partial charge on any atom is 0.243 e. The van der Waals surface area contributed by atoms with E-state index in [9.17, 15) is 9.59 Å². The number of hydrogen-bond donors (Lipinski definition) is 1. The van der Waals surface area contributed by atoms with Gasteiger partial charge >= 0.3 is 0 Å². The Kier molecular flexibility index (Phi) is 5.48. The van der Waals surface area contributed by atoms with E-state index in [-0.39, 0.29) is 23.9 Å². The van der Waals surface area contributed by atoms with Crippen LogP contribution < -0.4 is 5.32 Å². The molecular weight excluding hydrogens is 302 g/mol. The first kappa shape index (κ1) is 17.7. The van der Waals surface area contributed by atoms with Crippen molar-refractivity contribution in [3.63, 3.8) is 0 Å². The molecule has 0 bridgehead atoms. The van der Waals surface area contributed by atoms with E-state index in [1.807, 2.05) is 18.7 Å². The minimum absolute atomic E-state index is 0.0715. The number of nitrogens with zero attached hydrogens (tertiary/aromatic N) is 2. The standard InChI is InChI=1S/C19H33N3O2/c1-15(2)22-16(19(18(22)24)9-5-3-6-10-19)17(23)20-11-14-21-12-7-4-8-13-21/h15-16H,3-14H2,1-2H3,(H,20,23). The lowest BCUT2D eigenvalue weighted by Crippen LogP contribution is -2.75. The van der Waals surface area contributed by atoms with E-state index in [0.717, 1.165) is 45.3 Å². The zero-order chi connectivity index (χ0) is 17.2. The molecule has 3 aliphatic rings. The first-order valence-electron chi connectivity index (χ1n) is 9.89. The predicted molar refractivity (Wildman–Crippen MR) is 94.6 cm³/mol. The van der Waals surface area contributed by atoms with Crippen LogP contribution in [0.3, 0.4) is 0 Å². The van der Waals surface area contributed by atoms with Crippen molar-refractivity contribution in [2.24, 2.45) is 5.41 Å². The van der Waals surface area contributed by atoms with Gasteiger partial charge in [-0.3, -0.25) is 9.59 Å². The first-order valence-corrected chi connectivity index (χ1v) is 9.89. The molecule has 2 heterocycles. The molecule has 3 rings (SSSR count). The van der Waals surface area contributed by atoms with Gasteiger partial charge in [-0.1, -0.05) is 25.7 Å². The highest BCUT2D eigenvalue weighted by Crippen LogP contribution is 2.50. The van der Waals surface area contributed by atoms with Crippen molar-refractivity contribution in [3.8, 4) is 0 Å². The molecule has 1 unspecified atom stereocenters. The minimum Gasteiger partial charge on any atom is -0.353 e. The molecule has 3 fully saturated rings. The second kappa shape index (κ2) is 7.42. The lowest BCUT2D eigenvalue weighted by atomic mass is 9.61. The van der Waals surface area contributed by atoms with E-state index in [1.165, 1.54) is 25.7 Å². The smallest absolute Gasteiger partial charge is 0.243 e. The van der Waals surface area contributed by atoms with Crippen LogP contribution in [0.1, 0.15) is 65.2 Å². The molecule has 1 saturated carbocycles. The van der Waals surface area contributed by atoms with Crippen LogP contribution in [0.2, 0.25) is 0 Å². The minimum atomic E-state index is -0.391. The second-order valence-electron chi connectivity index (χ2n) is 8.12. The molecule has 2 aliphatic heterocycles. The normalized spacial score (nSPS) is 27.4. The van der Waals surface area contributed by atoms with Crippen LogP contribution in [0.5, 0.6) is 0 Å². The molecule has 5 heteroatoms. The molecule has 2 saturated heterocycles. The predicted octanol–water partition coefficient (Wildman–Crippen LogP) is 2.16. The molecule has 0 radical (unpaired) electrons. The fourth-order valence-corrected chi connectivity index (χ4v) is 4.89. The average Bonchev–Trinajstić information content (AvgIpc) is 2.60. The van der Waals surface area contributed by atoms with Gasteiger partial charge in [0.2, 0.25) is 11.8 Å². The summed E-state index contributed by atoms with van der Waals surface area (Å²) in [6.45, 7) is 7.97. The molecule has 1 atom stereocenters. The Morgan fingerprint density at radius 3 is 2.38 bits per heavy atom. The lowest BCUT2D eigenvalue weighted by Gasteiger charge is -2.58. The molecular formula is C19H33N3O2. The fraction of sp³-hybridized carbons (Fsp3) is 0.895. The van der Waals surface area contributed by atoms with Gasteiger partial charge in [-0.15, -0.1) is 0 Å². The van der Waals surface area contributed by atoms with Gasteiger partial charge in [-0.05, 0) is 52.6 Å². The molecule has 136 valence electrons. The summed E-state index contributed by atoms with van der Waals surface area (Å²) in [4.78, 5) is 29.9. The van der Waals surface area contributed by atoms with Gasteiger partial charge in [0.05, 0.1) is 5.41 Å². The van der Waals surface area contributed by atoms with E-state index in [1.54, 1.807) is 0 Å². The highest BCUT2D eigenvalue weighted by Gasteiger charge is 2.63. The summed E-state index contributed by atoms with van der Waals surface area (Å²) >= 11 is 0. The maximum absolute atomic E-state index is 12.9. The van der Waals surface area contributed by atoms with Crippen molar-refractivity contribution in [1.82, 2.24) is 15.1 Å². The number of β-lactam (4-membered cyclic amide) rings is 1. The Morgan fingerprint density at radius 1 is 1.12 bits per heavy atom. The Morgan fingerprint density at radius 2 is 1.75 bits per heavy atom. The van der Waals surface area contributed by atoms with Crippen molar-refractivity contribution in [3.05, 3.63) is 0 Å². The Labute approximate surface area is 146 Å². The van der Waals surface area contributed by atoms with Crippen LogP contribution in [0, 0.1) is 5.41 Å². The molecule has 1 N–H and O–H groups in total. The van der Waals surface area contributed by atoms with Crippen molar-refractivity contribution in [2.75, 3.05) is 26.2 Å². The molecule has 1 spiro atoms. The van der Waals surface area contributed by atoms with E-state index in [2.05, 4.69) is 10.2 Å². The molecule has 0 aromatic carbocycles. The SMILES string of the molecule is CC(C)N1C(=O)C2(CCCCC2)C1C(=O)NCCN1CCCCC1. The molecule has 0 aromatic rings. The van der Waals surface area contributed by atoms with Crippen LogP contribution >= 0.6 is 0 Å². The van der Waals surface area contributed by atoms with Crippen LogP contribution in [0.15, 0.2) is 0 Å². The monoisotopic (exact) mass is 335 g/mol. The average molecular weight is 335 g/mol. The van der Waals surface area contributed by atoms with Crippen LogP contribution in [-0.4, -0.2) is 59.9 Å². The maximum atomic E-state index is 12.9. The summed E-state index contributed by atoms with van der Waals surface area (Å²) in [5.41, 5.74) is -0.391. The van der Waals surface area contributed by atoms with E-state index in [0.29, 0.717) is 6.54 Å². The highest BCUT2D eigenvalue weighted by molar-refractivity contribution is 6.02. The third kappa shape index (κ3) is 3.19. The van der Waals surface area contributed by atoms with Crippen molar-refractivity contribution in [2.45, 2.75) is 77.3 Å². The largest absolute Gasteiger partial charge is 0.353 e. The number of carbonyl (C=O) groups is 2. The van der Waals surface area contributed by atoms with E-state index < -0.39 is 5.41 Å². The van der Waals surface area contributed by atoms with Crippen molar-refractivity contribution in [1.29, 1.82) is 0 Å². The van der Waals surface area contributed by atoms with Gasteiger partial charge in [0.25, 0.3) is 0 Å². The Bertz CT molecular complexity index is 465. The number of piperidine rings is 1. The van der Waals surface area contributed by atoms with Crippen LogP contribution in [-0.2, 0) is 9.59 Å². The molecule has 1 aliphatic carbocycles. The summed E-state index contributed by atoms with van der Waals surface area (Å²) in [7, 11) is 0. The quantitative estimate of drug-likeness (QED) is 0.783. The van der Waals surface area contributed by atoms with Gasteiger partial charge < -0.3 is 15.1 Å². The van der Waals surface area contributed by atoms with Crippen LogP contribution in [0.25, 0.3) is 0 Å². The number of nitrogens with one attached hydrogen (secondary N) is 1. The number of amides is 2. The Balaban J connectivity index is 1.58. The van der Waals surface area contributed by atoms with Gasteiger partial charge in [0.1, 0.15) is 6.04 Å². The van der Waals surface area contributed by atoms with Gasteiger partial charge in [-0.2, -0.15) is 0 Å². The number of carbonyl (C=O) groups excluding carboxylic acids is 2. The Hall–Kier alpha value is -1.10. The summed E-state index contributed by atoms with van der Waals surface area (Å²) in [5, 5.41) is 3.13. The fourth-order valence-electron chi connectivity index (χ4n) is 4.89. The summed E-state index contributed by atoms with van der Waals surface area (Å²) in [6.07, 6.45) is 9.01. The first-order chi connectivity index (χ1) is 11.6. The molecule has 0 aromatic heterocycles. The summed E-state index contributed by atoms with van der Waals surface area (Å²) in [5.74, 6) is 0.288. The second-order valence-corrected chi connectivity index (χ2v) is 8.12. The molecule has 24 heavy (non-hydrogen) atoms. The third-order valence-electron chi connectivity index (χ3n) is 6.19. The van der Waals surface area contributed by atoms with Crippen molar-refractivity contribution >= 4 is 11.8 Å². The summed E-state index contributed by atoms with van der Waals surface area (Å²) in [6, 6.07) is -0.144. The zero-order valence-corrected chi connectivity index (χ0v) is 15.4. The van der Waals surface area contributed by atoms with E-state index >= 15 is 0 Å². The molecule has 2 amide bonds. The number of hydrogen-bond acceptors (Lipinski definition) is 3. The van der Waals surface area contributed by atoms with Crippen LogP contribution in [0.4, 0.5) is 0 Å². The zero-order valence-electron chi connectivity index (χ0n) is 15.4. The van der Waals surface area contributed by atoms with E-state index in [4.69, 9.17) is 0 Å². The lowest BCUT2D eigenvalue weighted by molar-refractivity contribution is -0.185. The highest BCUT2D eigenvalue weighted by atomic mass is 16.2. The van der Waals surface area contributed by atoms with Gasteiger partial charge in [0, 0.05) is 19.1 Å². The number of rotatable bonds is 5. The van der Waals surface area contributed by atoms with Crippen molar-refractivity contribution < 1.29 is 9.59 Å². The topological polar surface area (TPSA) is 52.7 Å². The van der Waals surface area contributed by atoms with Gasteiger partial charge in [0.15, 0.2) is 0 Å². The summed E-state index contributed by atoms with van der Waals surface area (Å²) < 4.78 is 0. The van der Waals surface area contributed by atoms with Gasteiger partial charge in [-0.25, -0.2) is 0 Å². The third-order valence-corrected chi connectivity index (χ3v) is 6.19. The molecule has 5 nitrogen and oxygen atoms in total.